The van der Waals surface area contributed by atoms with Crippen molar-refractivity contribution >= 4 is 5.91 Å². The van der Waals surface area contributed by atoms with Crippen LogP contribution in [0.4, 0.5) is 0 Å². The van der Waals surface area contributed by atoms with E-state index in [-0.39, 0.29) is 5.91 Å². The summed E-state index contributed by atoms with van der Waals surface area (Å²) in [6.07, 6.45) is 9.71. The number of nitrogens with two attached hydrogens (primary N) is 2. The van der Waals surface area contributed by atoms with Crippen LogP contribution in [0.25, 0.3) is 0 Å². The number of allylic oxidation sites excluding steroid dienone is 3. The molecule has 0 aromatic heterocycles. The highest BCUT2D eigenvalue weighted by Gasteiger charge is 2.14. The average molecular weight is 223 g/mol. The van der Waals surface area contributed by atoms with Crippen molar-refractivity contribution < 1.29 is 4.79 Å². The summed E-state index contributed by atoms with van der Waals surface area (Å²) in [5.74, 6) is -0.0797. The molecule has 0 unspecified atom stereocenters. The van der Waals surface area contributed by atoms with Crippen molar-refractivity contribution in [3.8, 4) is 0 Å². The molecule has 1 rings (SSSR count). The van der Waals surface area contributed by atoms with Crippen LogP contribution < -0.4 is 16.8 Å². The van der Waals surface area contributed by atoms with Crippen molar-refractivity contribution in [3.63, 3.8) is 0 Å². The molecule has 0 aromatic carbocycles. The smallest absolute Gasteiger partial charge is 0.237 e. The SMILES string of the molecule is NCCCNC(=O)[C@@H](N)CC1=CC=CCC1. The highest BCUT2D eigenvalue weighted by molar-refractivity contribution is 5.81. The fourth-order valence-corrected chi connectivity index (χ4v) is 1.64. The molecule has 90 valence electrons. The second-order valence-corrected chi connectivity index (χ2v) is 4.04. The van der Waals surface area contributed by atoms with Gasteiger partial charge >= 0.3 is 0 Å². The Hall–Kier alpha value is -1.13. The van der Waals surface area contributed by atoms with Gasteiger partial charge in [0, 0.05) is 6.54 Å². The third-order valence-corrected chi connectivity index (χ3v) is 2.60. The standard InChI is InChI=1S/C12H21N3O/c13-7-4-8-15-12(16)11(14)9-10-5-2-1-3-6-10/h1-2,5,11H,3-4,6-9,13-14H2,(H,15,16)/t11-/m0/s1. The van der Waals surface area contributed by atoms with Crippen molar-refractivity contribution in [3.05, 3.63) is 23.8 Å². The van der Waals surface area contributed by atoms with Crippen LogP contribution in [0.3, 0.4) is 0 Å². The number of carbonyl (C=O) groups excluding carboxylic acids is 1. The Morgan fingerprint density at radius 1 is 1.56 bits per heavy atom. The monoisotopic (exact) mass is 223 g/mol. The topological polar surface area (TPSA) is 81.1 Å². The second kappa shape index (κ2) is 7.19. The van der Waals surface area contributed by atoms with E-state index in [1.54, 1.807) is 0 Å². The largest absolute Gasteiger partial charge is 0.355 e. The summed E-state index contributed by atoms with van der Waals surface area (Å²) in [5.41, 5.74) is 12.4. The molecule has 1 aliphatic rings. The van der Waals surface area contributed by atoms with E-state index in [0.29, 0.717) is 19.5 Å². The summed E-state index contributed by atoms with van der Waals surface area (Å²) in [7, 11) is 0. The Bertz CT molecular complexity index is 284. The Kier molecular flexibility index (Phi) is 5.82. The van der Waals surface area contributed by atoms with Gasteiger partial charge in [0.2, 0.25) is 5.91 Å². The first-order valence-electron chi connectivity index (χ1n) is 5.82. The van der Waals surface area contributed by atoms with Gasteiger partial charge in [-0.1, -0.05) is 23.8 Å². The molecule has 1 amide bonds. The van der Waals surface area contributed by atoms with E-state index in [4.69, 9.17) is 11.5 Å². The molecule has 0 bridgehead atoms. The first-order chi connectivity index (χ1) is 7.74. The summed E-state index contributed by atoms with van der Waals surface area (Å²) in [6.45, 7) is 1.20. The lowest BCUT2D eigenvalue weighted by Crippen LogP contribution is -2.41. The van der Waals surface area contributed by atoms with Crippen molar-refractivity contribution in [1.82, 2.24) is 5.32 Å². The van der Waals surface area contributed by atoms with E-state index in [1.165, 1.54) is 5.57 Å². The molecule has 0 aromatic rings. The molecule has 4 nitrogen and oxygen atoms in total. The van der Waals surface area contributed by atoms with Gasteiger partial charge in [0.15, 0.2) is 0 Å². The molecule has 0 saturated heterocycles. The number of amides is 1. The molecule has 5 N–H and O–H groups in total. The minimum absolute atomic E-state index is 0.0797. The third kappa shape index (κ3) is 4.59. The Balaban J connectivity index is 2.27. The minimum Gasteiger partial charge on any atom is -0.355 e. The van der Waals surface area contributed by atoms with Crippen LogP contribution in [0, 0.1) is 0 Å². The fraction of sp³-hybridized carbons (Fsp3) is 0.583. The summed E-state index contributed by atoms with van der Waals surface area (Å²) >= 11 is 0. The maximum atomic E-state index is 11.6. The number of hydrogen-bond acceptors (Lipinski definition) is 3. The van der Waals surface area contributed by atoms with Gasteiger partial charge in [-0.15, -0.1) is 0 Å². The van der Waals surface area contributed by atoms with Crippen LogP contribution in [-0.2, 0) is 4.79 Å². The van der Waals surface area contributed by atoms with Crippen molar-refractivity contribution in [2.45, 2.75) is 31.7 Å². The summed E-state index contributed by atoms with van der Waals surface area (Å²) in [5, 5.41) is 2.78. The number of hydrogen-bond donors (Lipinski definition) is 3. The molecule has 0 saturated carbocycles. The van der Waals surface area contributed by atoms with Crippen LogP contribution in [0.1, 0.15) is 25.7 Å². The highest BCUT2D eigenvalue weighted by Crippen LogP contribution is 2.16. The first-order valence-corrected chi connectivity index (χ1v) is 5.82. The van der Waals surface area contributed by atoms with Gasteiger partial charge in [0.25, 0.3) is 0 Å². The molecular formula is C12H21N3O. The first kappa shape index (κ1) is 12.9. The van der Waals surface area contributed by atoms with Crippen LogP contribution in [0.5, 0.6) is 0 Å². The number of nitrogens with one attached hydrogen (secondary N) is 1. The quantitative estimate of drug-likeness (QED) is 0.572. The van der Waals surface area contributed by atoms with Crippen molar-refractivity contribution in [2.75, 3.05) is 13.1 Å². The van der Waals surface area contributed by atoms with Gasteiger partial charge in [0.1, 0.15) is 0 Å². The zero-order valence-electron chi connectivity index (χ0n) is 9.61. The molecule has 0 fully saturated rings. The van der Waals surface area contributed by atoms with Crippen LogP contribution in [0.15, 0.2) is 23.8 Å². The number of rotatable bonds is 6. The number of carbonyl (C=O) groups is 1. The van der Waals surface area contributed by atoms with E-state index in [2.05, 4.69) is 17.5 Å². The average Bonchev–Trinajstić information content (AvgIpc) is 2.30. The fourth-order valence-electron chi connectivity index (χ4n) is 1.64. The zero-order chi connectivity index (χ0) is 11.8. The van der Waals surface area contributed by atoms with Gasteiger partial charge in [-0.25, -0.2) is 0 Å². The lowest BCUT2D eigenvalue weighted by molar-refractivity contribution is -0.122. The lowest BCUT2D eigenvalue weighted by atomic mass is 9.98. The molecule has 1 aliphatic carbocycles. The Morgan fingerprint density at radius 3 is 3.00 bits per heavy atom. The van der Waals surface area contributed by atoms with Crippen molar-refractivity contribution in [2.24, 2.45) is 11.5 Å². The third-order valence-electron chi connectivity index (χ3n) is 2.60. The van der Waals surface area contributed by atoms with Gasteiger partial charge in [0.05, 0.1) is 6.04 Å². The molecule has 0 spiro atoms. The predicted molar refractivity (Wildman–Crippen MR) is 65.7 cm³/mol. The van der Waals surface area contributed by atoms with E-state index in [1.807, 2.05) is 6.08 Å². The maximum absolute atomic E-state index is 11.6. The minimum atomic E-state index is -0.435. The molecule has 0 heterocycles. The van der Waals surface area contributed by atoms with E-state index >= 15 is 0 Å². The zero-order valence-corrected chi connectivity index (χ0v) is 9.61. The van der Waals surface area contributed by atoms with Gasteiger partial charge in [-0.3, -0.25) is 4.79 Å². The summed E-state index contributed by atoms with van der Waals surface area (Å²) in [6, 6.07) is -0.435. The molecule has 16 heavy (non-hydrogen) atoms. The summed E-state index contributed by atoms with van der Waals surface area (Å²) < 4.78 is 0. The Labute approximate surface area is 96.8 Å². The molecular weight excluding hydrogens is 202 g/mol. The van der Waals surface area contributed by atoms with Gasteiger partial charge in [-0.2, -0.15) is 0 Å². The van der Waals surface area contributed by atoms with Crippen molar-refractivity contribution in [1.29, 1.82) is 0 Å². The normalized spacial score (nSPS) is 16.8. The Morgan fingerprint density at radius 2 is 2.38 bits per heavy atom. The summed E-state index contributed by atoms with van der Waals surface area (Å²) in [4.78, 5) is 11.6. The van der Waals surface area contributed by atoms with E-state index < -0.39 is 6.04 Å². The molecule has 4 heteroatoms. The van der Waals surface area contributed by atoms with Gasteiger partial charge in [-0.05, 0) is 32.2 Å². The predicted octanol–water partition coefficient (Wildman–Crippen LogP) is 0.445. The highest BCUT2D eigenvalue weighted by atomic mass is 16.2. The van der Waals surface area contributed by atoms with Gasteiger partial charge < -0.3 is 16.8 Å². The second-order valence-electron chi connectivity index (χ2n) is 4.04. The molecule has 0 radical (unpaired) electrons. The van der Waals surface area contributed by atoms with E-state index in [9.17, 15) is 4.79 Å². The maximum Gasteiger partial charge on any atom is 0.237 e. The van der Waals surface area contributed by atoms with E-state index in [0.717, 1.165) is 19.3 Å². The lowest BCUT2D eigenvalue weighted by Gasteiger charge is -2.15. The van der Waals surface area contributed by atoms with Crippen LogP contribution >= 0.6 is 0 Å². The van der Waals surface area contributed by atoms with Crippen LogP contribution in [0.2, 0.25) is 0 Å². The molecule has 1 atom stereocenters. The molecule has 0 aliphatic heterocycles. The van der Waals surface area contributed by atoms with Crippen LogP contribution in [-0.4, -0.2) is 25.0 Å².